The van der Waals surface area contributed by atoms with Gasteiger partial charge in [-0.25, -0.2) is 9.97 Å². The monoisotopic (exact) mass is 593 g/mol. The second-order valence-corrected chi connectivity index (χ2v) is 15.1. The fourth-order valence-corrected chi connectivity index (χ4v) is 11.7. The second kappa shape index (κ2) is 10.1. The molecule has 5 heteroatoms. The van der Waals surface area contributed by atoms with Crippen molar-refractivity contribution in [2.24, 2.45) is 0 Å². The van der Waals surface area contributed by atoms with Gasteiger partial charge >= 0.3 is 0 Å². The number of benzene rings is 6. The fraction of sp³-hybridized carbons (Fsp3) is 0. The first-order valence-corrected chi connectivity index (χ1v) is 17.2. The number of nitrogens with zero attached hydrogens (tertiary/aromatic N) is 3. The van der Waals surface area contributed by atoms with Crippen molar-refractivity contribution in [3.63, 3.8) is 0 Å². The van der Waals surface area contributed by atoms with Crippen molar-refractivity contribution in [3.05, 3.63) is 164 Å². The SMILES string of the molecule is c1ccc([Si](c2ccccc2)(c2ccccc2)c2nc(-n3c4ccccc4c4ccccc43)nc3c2oc2ccccc23)cc1. The van der Waals surface area contributed by atoms with E-state index in [0.29, 0.717) is 5.95 Å². The molecule has 0 atom stereocenters. The molecule has 0 saturated carbocycles. The molecule has 0 N–H and O–H groups in total. The molecule has 9 aromatic rings. The van der Waals surface area contributed by atoms with Crippen molar-refractivity contribution in [2.45, 2.75) is 0 Å². The lowest BCUT2D eigenvalue weighted by Gasteiger charge is -2.33. The maximum atomic E-state index is 6.80. The van der Waals surface area contributed by atoms with Crippen molar-refractivity contribution in [1.82, 2.24) is 14.5 Å². The van der Waals surface area contributed by atoms with E-state index in [-0.39, 0.29) is 0 Å². The van der Waals surface area contributed by atoms with E-state index in [2.05, 4.69) is 156 Å². The third-order valence-electron chi connectivity index (χ3n) is 8.96. The molecule has 3 aromatic heterocycles. The molecule has 0 spiro atoms. The fourth-order valence-electron chi connectivity index (χ4n) is 7.05. The molecule has 0 aliphatic heterocycles. The van der Waals surface area contributed by atoms with Crippen LogP contribution in [0.1, 0.15) is 0 Å². The predicted molar refractivity (Wildman–Crippen MR) is 187 cm³/mol. The van der Waals surface area contributed by atoms with Crippen LogP contribution in [-0.2, 0) is 0 Å². The van der Waals surface area contributed by atoms with Gasteiger partial charge in [-0.2, -0.15) is 0 Å². The van der Waals surface area contributed by atoms with Crippen LogP contribution in [0.25, 0.3) is 49.8 Å². The molecule has 0 unspecified atom stereocenters. The number of para-hydroxylation sites is 3. The third kappa shape index (κ3) is 3.78. The van der Waals surface area contributed by atoms with E-state index < -0.39 is 8.07 Å². The van der Waals surface area contributed by atoms with Gasteiger partial charge in [-0.15, -0.1) is 0 Å². The Kier molecular flexibility index (Phi) is 5.79. The Balaban J connectivity index is 1.52. The van der Waals surface area contributed by atoms with Crippen LogP contribution in [0.3, 0.4) is 0 Å². The van der Waals surface area contributed by atoms with E-state index in [1.807, 2.05) is 12.1 Å². The molecule has 0 saturated heterocycles. The van der Waals surface area contributed by atoms with Crippen molar-refractivity contribution in [1.29, 1.82) is 0 Å². The highest BCUT2D eigenvalue weighted by Gasteiger charge is 2.46. The molecular weight excluding hydrogens is 567 g/mol. The number of hydrogen-bond acceptors (Lipinski definition) is 3. The molecule has 0 fully saturated rings. The average Bonchev–Trinajstić information content (AvgIpc) is 3.66. The van der Waals surface area contributed by atoms with Gasteiger partial charge in [0, 0.05) is 16.2 Å². The molecule has 212 valence electrons. The van der Waals surface area contributed by atoms with Crippen molar-refractivity contribution < 1.29 is 4.42 Å². The minimum absolute atomic E-state index is 0.640. The molecule has 0 bridgehead atoms. The highest BCUT2D eigenvalue weighted by Crippen LogP contribution is 2.33. The standard InChI is InChI=1S/C40H27N3OSi/c1-4-16-28(17-5-1)45(29-18-6-2-7-19-29,30-20-8-3-9-21-30)39-38-37(33-24-12-15-27-36(33)44-38)41-40(42-39)43-34-25-13-10-22-31(34)32-23-11-14-26-35(32)43/h1-27H. The Morgan fingerprint density at radius 1 is 0.444 bits per heavy atom. The molecule has 4 nitrogen and oxygen atoms in total. The number of furan rings is 1. The molecule has 6 aromatic carbocycles. The van der Waals surface area contributed by atoms with Crippen molar-refractivity contribution >= 4 is 72.8 Å². The summed E-state index contributed by atoms with van der Waals surface area (Å²) in [6, 6.07) is 57.8. The molecule has 9 rings (SSSR count). The van der Waals surface area contributed by atoms with E-state index in [4.69, 9.17) is 14.4 Å². The van der Waals surface area contributed by atoms with Gasteiger partial charge in [-0.1, -0.05) is 140 Å². The molecule has 0 aliphatic rings. The summed E-state index contributed by atoms with van der Waals surface area (Å²) in [5, 5.41) is 7.96. The van der Waals surface area contributed by atoms with Crippen LogP contribution in [0.2, 0.25) is 0 Å². The number of aromatic nitrogens is 3. The van der Waals surface area contributed by atoms with Crippen LogP contribution in [0.15, 0.2) is 168 Å². The predicted octanol–water partition coefficient (Wildman–Crippen LogP) is 6.85. The molecule has 3 heterocycles. The van der Waals surface area contributed by atoms with Gasteiger partial charge in [0.15, 0.2) is 5.58 Å². The Labute approximate surface area is 260 Å². The van der Waals surface area contributed by atoms with Gasteiger partial charge in [-0.3, -0.25) is 4.57 Å². The lowest BCUT2D eigenvalue weighted by Crippen LogP contribution is -2.75. The number of rotatable bonds is 5. The maximum absolute atomic E-state index is 6.80. The highest BCUT2D eigenvalue weighted by molar-refractivity contribution is 7.20. The summed E-state index contributed by atoms with van der Waals surface area (Å²) in [5.41, 5.74) is 4.52. The van der Waals surface area contributed by atoms with Crippen LogP contribution in [0.4, 0.5) is 0 Å². The van der Waals surface area contributed by atoms with E-state index >= 15 is 0 Å². The lowest BCUT2D eigenvalue weighted by atomic mass is 10.2. The first-order chi connectivity index (χ1) is 22.3. The summed E-state index contributed by atoms with van der Waals surface area (Å²) >= 11 is 0. The van der Waals surface area contributed by atoms with Gasteiger partial charge in [0.25, 0.3) is 0 Å². The normalized spacial score (nSPS) is 12.0. The average molecular weight is 594 g/mol. The minimum Gasteiger partial charge on any atom is -0.453 e. The number of fused-ring (bicyclic) bond motifs is 6. The highest BCUT2D eigenvalue weighted by atomic mass is 28.3. The Bertz CT molecular complexity index is 2340. The first kappa shape index (κ1) is 25.7. The minimum atomic E-state index is -3.06. The van der Waals surface area contributed by atoms with Gasteiger partial charge < -0.3 is 4.42 Å². The van der Waals surface area contributed by atoms with Crippen LogP contribution in [0, 0.1) is 0 Å². The maximum Gasteiger partial charge on any atom is 0.235 e. The van der Waals surface area contributed by atoms with Crippen LogP contribution >= 0.6 is 0 Å². The zero-order valence-corrected chi connectivity index (χ0v) is 25.3. The summed E-state index contributed by atoms with van der Waals surface area (Å²) in [4.78, 5) is 11.0. The molecule has 0 aliphatic carbocycles. The summed E-state index contributed by atoms with van der Waals surface area (Å²) in [6.07, 6.45) is 0. The Morgan fingerprint density at radius 2 is 0.889 bits per heavy atom. The van der Waals surface area contributed by atoms with E-state index in [1.54, 1.807) is 0 Å². The summed E-state index contributed by atoms with van der Waals surface area (Å²) in [7, 11) is -3.06. The van der Waals surface area contributed by atoms with E-state index in [9.17, 15) is 0 Å². The molecular formula is C40H27N3OSi. The van der Waals surface area contributed by atoms with E-state index in [1.165, 1.54) is 26.3 Å². The van der Waals surface area contributed by atoms with Crippen molar-refractivity contribution in [2.75, 3.05) is 0 Å². The first-order valence-electron chi connectivity index (χ1n) is 15.2. The smallest absolute Gasteiger partial charge is 0.235 e. The molecule has 0 radical (unpaired) electrons. The van der Waals surface area contributed by atoms with Crippen LogP contribution < -0.4 is 20.9 Å². The molecule has 0 amide bonds. The lowest BCUT2D eigenvalue weighted by molar-refractivity contribution is 0.668. The summed E-state index contributed by atoms with van der Waals surface area (Å²) in [6.45, 7) is 0. The summed E-state index contributed by atoms with van der Waals surface area (Å²) < 4.78 is 9.02. The van der Waals surface area contributed by atoms with Gasteiger partial charge in [-0.05, 0) is 39.8 Å². The van der Waals surface area contributed by atoms with Crippen LogP contribution in [0.5, 0.6) is 0 Å². The second-order valence-electron chi connectivity index (χ2n) is 11.4. The van der Waals surface area contributed by atoms with Crippen molar-refractivity contribution in [3.8, 4) is 5.95 Å². The summed E-state index contributed by atoms with van der Waals surface area (Å²) in [5.74, 6) is 0.640. The zero-order valence-electron chi connectivity index (χ0n) is 24.3. The zero-order chi connectivity index (χ0) is 29.8. The molecule has 45 heavy (non-hydrogen) atoms. The largest absolute Gasteiger partial charge is 0.453 e. The quantitative estimate of drug-likeness (QED) is 0.162. The van der Waals surface area contributed by atoms with E-state index in [0.717, 1.165) is 38.4 Å². The Hall–Kier alpha value is -5.78. The Morgan fingerprint density at radius 3 is 1.42 bits per heavy atom. The van der Waals surface area contributed by atoms with Gasteiger partial charge in [0.1, 0.15) is 11.1 Å². The van der Waals surface area contributed by atoms with Crippen LogP contribution in [-0.4, -0.2) is 22.6 Å². The number of hydrogen-bond donors (Lipinski definition) is 0. The van der Waals surface area contributed by atoms with Gasteiger partial charge in [0.05, 0.1) is 16.4 Å². The third-order valence-corrected chi connectivity index (χ3v) is 13.6. The topological polar surface area (TPSA) is 43.9 Å². The van der Waals surface area contributed by atoms with Gasteiger partial charge in [0.2, 0.25) is 14.0 Å².